The molecule has 1 fully saturated rings. The van der Waals surface area contributed by atoms with Crippen LogP contribution in [0.5, 0.6) is 0 Å². The SMILES string of the molecule is CCNC(C)(CCCCN1CCOC(C)C1)C(=O)OCC. The number of morpholine rings is 1. The molecule has 1 rings (SSSR count). The summed E-state index contributed by atoms with van der Waals surface area (Å²) in [6, 6.07) is 0. The molecular formula is C16H32N2O3. The zero-order valence-corrected chi connectivity index (χ0v) is 14.1. The lowest BCUT2D eigenvalue weighted by atomic mass is 9.94. The fourth-order valence-electron chi connectivity index (χ4n) is 2.85. The molecule has 0 spiro atoms. The van der Waals surface area contributed by atoms with E-state index in [0.29, 0.717) is 12.7 Å². The second-order valence-electron chi connectivity index (χ2n) is 6.02. The summed E-state index contributed by atoms with van der Waals surface area (Å²) in [5.41, 5.74) is -0.553. The zero-order valence-electron chi connectivity index (χ0n) is 14.1. The Bertz CT molecular complexity index is 312. The number of esters is 1. The maximum atomic E-state index is 12.1. The van der Waals surface area contributed by atoms with Gasteiger partial charge in [-0.1, -0.05) is 6.92 Å². The number of hydrogen-bond donors (Lipinski definition) is 1. The van der Waals surface area contributed by atoms with Crippen LogP contribution in [0.4, 0.5) is 0 Å². The van der Waals surface area contributed by atoms with Gasteiger partial charge in [-0.3, -0.25) is 9.69 Å². The van der Waals surface area contributed by atoms with Crippen molar-refractivity contribution in [2.24, 2.45) is 0 Å². The quantitative estimate of drug-likeness (QED) is 0.520. The minimum atomic E-state index is -0.553. The van der Waals surface area contributed by atoms with Gasteiger partial charge < -0.3 is 14.8 Å². The molecule has 0 aromatic heterocycles. The highest BCUT2D eigenvalue weighted by Gasteiger charge is 2.33. The van der Waals surface area contributed by atoms with Crippen LogP contribution in [0.2, 0.25) is 0 Å². The molecule has 0 saturated carbocycles. The zero-order chi connectivity index (χ0) is 15.7. The summed E-state index contributed by atoms with van der Waals surface area (Å²) in [4.78, 5) is 14.5. The number of rotatable bonds is 9. The van der Waals surface area contributed by atoms with Crippen molar-refractivity contribution in [3.8, 4) is 0 Å². The molecule has 1 aliphatic heterocycles. The number of ether oxygens (including phenoxy) is 2. The Hall–Kier alpha value is -0.650. The maximum Gasteiger partial charge on any atom is 0.326 e. The number of nitrogens with one attached hydrogen (secondary N) is 1. The summed E-state index contributed by atoms with van der Waals surface area (Å²) in [6.45, 7) is 13.1. The van der Waals surface area contributed by atoms with Crippen LogP contribution in [0.25, 0.3) is 0 Å². The van der Waals surface area contributed by atoms with Crippen LogP contribution in [0.3, 0.4) is 0 Å². The molecule has 0 bridgehead atoms. The number of carbonyl (C=O) groups is 1. The summed E-state index contributed by atoms with van der Waals surface area (Å²) in [5.74, 6) is -0.133. The van der Waals surface area contributed by atoms with E-state index in [1.165, 1.54) is 0 Å². The molecule has 124 valence electrons. The molecular weight excluding hydrogens is 268 g/mol. The number of unbranched alkanes of at least 4 members (excludes halogenated alkanes) is 1. The average Bonchev–Trinajstić information content (AvgIpc) is 2.44. The van der Waals surface area contributed by atoms with Gasteiger partial charge in [-0.2, -0.15) is 0 Å². The lowest BCUT2D eigenvalue weighted by Gasteiger charge is -2.32. The van der Waals surface area contributed by atoms with Crippen LogP contribution < -0.4 is 5.32 Å². The number of nitrogens with zero attached hydrogens (tertiary/aromatic N) is 1. The Morgan fingerprint density at radius 2 is 2.19 bits per heavy atom. The predicted octanol–water partition coefficient (Wildman–Crippen LogP) is 1.81. The van der Waals surface area contributed by atoms with E-state index < -0.39 is 5.54 Å². The Balaban J connectivity index is 2.31. The van der Waals surface area contributed by atoms with Crippen LogP contribution in [-0.4, -0.2) is 61.9 Å². The van der Waals surface area contributed by atoms with Crippen LogP contribution in [-0.2, 0) is 14.3 Å². The van der Waals surface area contributed by atoms with Crippen molar-refractivity contribution in [3.63, 3.8) is 0 Å². The van der Waals surface area contributed by atoms with Crippen molar-refractivity contribution < 1.29 is 14.3 Å². The van der Waals surface area contributed by atoms with Crippen LogP contribution in [0, 0.1) is 0 Å². The average molecular weight is 300 g/mol. The van der Waals surface area contributed by atoms with Crippen LogP contribution in [0.15, 0.2) is 0 Å². The van der Waals surface area contributed by atoms with Gasteiger partial charge in [0.25, 0.3) is 0 Å². The Morgan fingerprint density at radius 3 is 2.81 bits per heavy atom. The third-order valence-electron chi connectivity index (χ3n) is 4.02. The van der Waals surface area contributed by atoms with E-state index in [4.69, 9.17) is 9.47 Å². The summed E-state index contributed by atoms with van der Waals surface area (Å²) in [6.07, 6.45) is 3.28. The van der Waals surface area contributed by atoms with E-state index in [2.05, 4.69) is 17.1 Å². The molecule has 5 nitrogen and oxygen atoms in total. The molecule has 1 heterocycles. The first-order valence-corrected chi connectivity index (χ1v) is 8.28. The van der Waals surface area contributed by atoms with E-state index in [1.54, 1.807) is 0 Å². The lowest BCUT2D eigenvalue weighted by molar-refractivity contribution is -0.150. The molecule has 1 saturated heterocycles. The molecule has 5 heteroatoms. The van der Waals surface area contributed by atoms with E-state index in [-0.39, 0.29) is 5.97 Å². The number of carbonyl (C=O) groups excluding carboxylic acids is 1. The fraction of sp³-hybridized carbons (Fsp3) is 0.938. The summed E-state index contributed by atoms with van der Waals surface area (Å²) in [5, 5.41) is 3.28. The van der Waals surface area contributed by atoms with Crippen LogP contribution >= 0.6 is 0 Å². The monoisotopic (exact) mass is 300 g/mol. The van der Waals surface area contributed by atoms with E-state index in [0.717, 1.165) is 52.0 Å². The van der Waals surface area contributed by atoms with Gasteiger partial charge in [-0.25, -0.2) is 0 Å². The lowest BCUT2D eigenvalue weighted by Crippen LogP contribution is -2.50. The molecule has 0 aliphatic carbocycles. The maximum absolute atomic E-state index is 12.1. The molecule has 1 N–H and O–H groups in total. The van der Waals surface area contributed by atoms with Gasteiger partial charge in [0.1, 0.15) is 5.54 Å². The van der Waals surface area contributed by atoms with Crippen molar-refractivity contribution in [2.75, 3.05) is 39.4 Å². The smallest absolute Gasteiger partial charge is 0.326 e. The second-order valence-corrected chi connectivity index (χ2v) is 6.02. The topological polar surface area (TPSA) is 50.8 Å². The van der Waals surface area contributed by atoms with Gasteiger partial charge in [-0.15, -0.1) is 0 Å². The van der Waals surface area contributed by atoms with Gasteiger partial charge in [-0.05, 0) is 53.1 Å². The molecule has 21 heavy (non-hydrogen) atoms. The van der Waals surface area contributed by atoms with Gasteiger partial charge in [0.2, 0.25) is 0 Å². The van der Waals surface area contributed by atoms with Gasteiger partial charge in [0, 0.05) is 13.1 Å². The normalized spacial score (nSPS) is 22.8. The summed E-state index contributed by atoms with van der Waals surface area (Å²) >= 11 is 0. The van der Waals surface area contributed by atoms with Gasteiger partial charge in [0.15, 0.2) is 0 Å². The van der Waals surface area contributed by atoms with E-state index >= 15 is 0 Å². The van der Waals surface area contributed by atoms with Crippen molar-refractivity contribution in [2.45, 2.75) is 58.6 Å². The third kappa shape index (κ3) is 6.32. The molecule has 0 aromatic carbocycles. The van der Waals surface area contributed by atoms with E-state index in [9.17, 15) is 4.79 Å². The predicted molar refractivity (Wildman–Crippen MR) is 84.4 cm³/mol. The van der Waals surface area contributed by atoms with Crippen molar-refractivity contribution in [3.05, 3.63) is 0 Å². The Kier molecular flexibility index (Phi) is 8.22. The fourth-order valence-corrected chi connectivity index (χ4v) is 2.85. The van der Waals surface area contributed by atoms with Crippen molar-refractivity contribution in [1.82, 2.24) is 10.2 Å². The Labute approximate surface area is 129 Å². The Morgan fingerprint density at radius 1 is 1.43 bits per heavy atom. The highest BCUT2D eigenvalue weighted by molar-refractivity contribution is 5.80. The standard InChI is InChI=1S/C16H32N2O3/c1-5-17-16(4,15(19)20-6-2)9-7-8-10-18-11-12-21-14(3)13-18/h14,17H,5-13H2,1-4H3. The first kappa shape index (κ1) is 18.4. The largest absolute Gasteiger partial charge is 0.465 e. The number of likely N-dealkylation sites (N-methyl/N-ethyl adjacent to an activating group) is 1. The molecule has 2 atom stereocenters. The van der Waals surface area contributed by atoms with Gasteiger partial charge in [0.05, 0.1) is 19.3 Å². The van der Waals surface area contributed by atoms with Crippen LogP contribution in [0.1, 0.15) is 47.0 Å². The number of hydrogen-bond acceptors (Lipinski definition) is 5. The molecule has 2 unspecified atom stereocenters. The summed E-state index contributed by atoms with van der Waals surface area (Å²) < 4.78 is 10.7. The first-order chi connectivity index (χ1) is 10.0. The van der Waals surface area contributed by atoms with Gasteiger partial charge >= 0.3 is 5.97 Å². The minimum Gasteiger partial charge on any atom is -0.465 e. The molecule has 0 aromatic rings. The third-order valence-corrected chi connectivity index (χ3v) is 4.02. The van der Waals surface area contributed by atoms with Crippen molar-refractivity contribution >= 4 is 5.97 Å². The highest BCUT2D eigenvalue weighted by atomic mass is 16.5. The molecule has 0 amide bonds. The summed E-state index contributed by atoms with van der Waals surface area (Å²) in [7, 11) is 0. The van der Waals surface area contributed by atoms with E-state index in [1.807, 2.05) is 20.8 Å². The first-order valence-electron chi connectivity index (χ1n) is 8.28. The minimum absolute atomic E-state index is 0.133. The molecule has 1 aliphatic rings. The van der Waals surface area contributed by atoms with Crippen molar-refractivity contribution in [1.29, 1.82) is 0 Å². The molecule has 0 radical (unpaired) electrons. The second kappa shape index (κ2) is 9.38. The highest BCUT2D eigenvalue weighted by Crippen LogP contribution is 2.17.